The van der Waals surface area contributed by atoms with E-state index in [2.05, 4.69) is 101 Å². The van der Waals surface area contributed by atoms with Crippen molar-refractivity contribution in [1.82, 2.24) is 19.9 Å². The second-order valence-corrected chi connectivity index (χ2v) is 23.3. The molecule has 4 heterocycles. The molecule has 0 spiro atoms. The van der Waals surface area contributed by atoms with Crippen LogP contribution in [0.25, 0.3) is 33.5 Å². The molecule has 0 bridgehead atoms. The number of hydrogen-bond acceptors (Lipinski definition) is 6. The first kappa shape index (κ1) is 56.7. The quantitative estimate of drug-likeness (QED) is 0.0839. The molecule has 10 nitrogen and oxygen atoms in total. The number of halogens is 4. The minimum atomic E-state index is -0.908. The normalized spacial score (nSPS) is 20.2. The van der Waals surface area contributed by atoms with Gasteiger partial charge in [0.2, 0.25) is 0 Å². The van der Waals surface area contributed by atoms with Crippen molar-refractivity contribution < 1.29 is 49.2 Å². The summed E-state index contributed by atoms with van der Waals surface area (Å²) in [6, 6.07) is 36.7. The Kier molecular flexibility index (Phi) is 26.0. The Labute approximate surface area is 413 Å². The first-order chi connectivity index (χ1) is 30.5. The summed E-state index contributed by atoms with van der Waals surface area (Å²) in [5.74, 6) is 0.519. The molecular weight excluding hydrogens is 1090 g/mol. The van der Waals surface area contributed by atoms with Gasteiger partial charge in [0.25, 0.3) is 0 Å². The number of aromatic nitrogens is 4. The number of rotatable bonds is 9. The first-order valence-electron chi connectivity index (χ1n) is 20.6. The molecule has 2 aromatic heterocycles. The van der Waals surface area contributed by atoms with Gasteiger partial charge in [0.1, 0.15) is 6.10 Å². The molecule has 4 aromatic carbocycles. The number of imidazole rings is 2. The van der Waals surface area contributed by atoms with Gasteiger partial charge in [0.05, 0.1) is 76.7 Å². The molecular formula is C47H61Cl4N6O4PRu2-2. The molecule has 2 aliphatic heterocycles. The predicted molar refractivity (Wildman–Crippen MR) is 264 cm³/mol. The molecule has 2 fully saturated rings. The summed E-state index contributed by atoms with van der Waals surface area (Å²) in [6.45, 7) is 23.1. The molecule has 0 saturated carbocycles. The average Bonchev–Trinajstić information content (AvgIpc) is 4.06. The van der Waals surface area contributed by atoms with Gasteiger partial charge in [0, 0.05) is 0 Å². The van der Waals surface area contributed by atoms with Crippen LogP contribution in [-0.4, -0.2) is 62.1 Å². The van der Waals surface area contributed by atoms with Gasteiger partial charge < -0.3 is 61.2 Å². The first-order valence-corrected chi connectivity index (χ1v) is 31.3. The van der Waals surface area contributed by atoms with Crippen LogP contribution in [0.4, 0.5) is 0 Å². The molecule has 4 unspecified atom stereocenters. The summed E-state index contributed by atoms with van der Waals surface area (Å²) in [5, 5.41) is 2.83. The van der Waals surface area contributed by atoms with Crippen LogP contribution in [0, 0.1) is 20.8 Å². The van der Waals surface area contributed by atoms with Gasteiger partial charge in [-0.3, -0.25) is 0 Å². The summed E-state index contributed by atoms with van der Waals surface area (Å²) >= 11 is -0.691. The Morgan fingerprint density at radius 3 is 1.22 bits per heavy atom. The number of hydrogen-bond donors (Lipinski definition) is 2. The number of ether oxygens (including phenoxy) is 4. The monoisotopic (exact) mass is 1150 g/mol. The van der Waals surface area contributed by atoms with Crippen molar-refractivity contribution in [3.8, 4) is 0 Å². The number of H-pyrrole nitrogens is 2. The summed E-state index contributed by atoms with van der Waals surface area (Å²) in [4.78, 5) is 14.7. The van der Waals surface area contributed by atoms with E-state index in [1.165, 1.54) is 10.6 Å². The Morgan fingerprint density at radius 2 is 0.906 bits per heavy atom. The molecule has 6 atom stereocenters. The van der Waals surface area contributed by atoms with Crippen molar-refractivity contribution in [3.05, 3.63) is 153 Å². The van der Waals surface area contributed by atoms with E-state index in [0.29, 0.717) is 0 Å². The number of fused-ring (bicyclic) bond motifs is 2. The van der Waals surface area contributed by atoms with Crippen LogP contribution in [0.15, 0.2) is 109 Å². The van der Waals surface area contributed by atoms with Crippen molar-refractivity contribution in [1.29, 1.82) is 0 Å². The molecule has 0 aliphatic carbocycles. The van der Waals surface area contributed by atoms with E-state index in [-0.39, 0.29) is 66.8 Å². The molecule has 354 valence electrons. The molecule has 6 aromatic rings. The van der Waals surface area contributed by atoms with Crippen molar-refractivity contribution in [2.24, 2.45) is 0 Å². The number of nitrogens with zero attached hydrogens (tertiary/aromatic N) is 2. The summed E-state index contributed by atoms with van der Waals surface area (Å²) < 4.78 is 23.4. The summed E-state index contributed by atoms with van der Waals surface area (Å²) in [7, 11) is 18.5. The molecule has 64 heavy (non-hydrogen) atoms. The second kappa shape index (κ2) is 29.3. The van der Waals surface area contributed by atoms with Gasteiger partial charge in [-0.25, -0.2) is 9.97 Å². The van der Waals surface area contributed by atoms with Gasteiger partial charge in [-0.15, -0.1) is 0 Å². The second-order valence-electron chi connectivity index (χ2n) is 15.5. The van der Waals surface area contributed by atoms with Crippen molar-refractivity contribution in [2.45, 2.75) is 109 Å². The Hall–Kier alpha value is -1.58. The fraction of sp³-hybridized carbons (Fsp3) is 0.383. The molecule has 8 rings (SSSR count). The zero-order valence-corrected chi connectivity index (χ0v) is 44.6. The van der Waals surface area contributed by atoms with Gasteiger partial charge in [-0.2, -0.15) is 19.3 Å². The summed E-state index contributed by atoms with van der Waals surface area (Å²) in [6.07, 6.45) is 3.70. The molecule has 17 heteroatoms. The van der Waals surface area contributed by atoms with Crippen LogP contribution in [0.5, 0.6) is 0 Å². The number of aromatic amines is 2. The van der Waals surface area contributed by atoms with Crippen LogP contribution in [0.3, 0.4) is 0 Å². The van der Waals surface area contributed by atoms with Crippen LogP contribution in [0.2, 0.25) is 0 Å². The third-order valence-electron chi connectivity index (χ3n) is 9.71. The van der Waals surface area contributed by atoms with E-state index in [0.717, 1.165) is 59.1 Å². The van der Waals surface area contributed by atoms with Crippen molar-refractivity contribution >= 4 is 79.4 Å². The molecule has 0 amide bonds. The van der Waals surface area contributed by atoms with Gasteiger partial charge >= 0.3 is 69.1 Å². The van der Waals surface area contributed by atoms with E-state index < -0.39 is 19.5 Å². The van der Waals surface area contributed by atoms with Crippen LogP contribution in [0.1, 0.15) is 84.5 Å². The fourth-order valence-electron chi connectivity index (χ4n) is 6.96. The third kappa shape index (κ3) is 18.8. The maximum absolute atomic E-state index is 7.46. The molecule has 4 N–H and O–H groups in total. The Bertz CT molecular complexity index is 1970. The maximum atomic E-state index is 7.46. The number of para-hydroxylation sites is 4. The van der Waals surface area contributed by atoms with Crippen molar-refractivity contribution in [2.75, 3.05) is 6.16 Å². The SMILES string of the molecule is C[C@H]([NH-])c1nc2ccccc2[nH]1.C[C@H]([NH-])c1nc2ccccc2[nH]1.[CH2-]CC1OC(C)(C)OC1C[CH2-].[CH2-]CC1OC(C)(C)OC1C[PH+](c1ccccc1)c1ccccc1.[Cl][Ru+2][Cl].[Cl][Ru][Cl]. The van der Waals surface area contributed by atoms with Gasteiger partial charge in [0.15, 0.2) is 11.6 Å². The zero-order valence-electron chi connectivity index (χ0n) is 37.1. The predicted octanol–water partition coefficient (Wildman–Crippen LogP) is 13.7. The zero-order chi connectivity index (χ0) is 47.3. The van der Waals surface area contributed by atoms with Gasteiger partial charge in [-0.1, -0.05) is 86.6 Å². The van der Waals surface area contributed by atoms with E-state index in [9.17, 15) is 0 Å². The molecule has 0 radical (unpaired) electrons. The van der Waals surface area contributed by atoms with E-state index in [1.54, 1.807) is 13.8 Å². The summed E-state index contributed by atoms with van der Waals surface area (Å²) in [5.41, 5.74) is 18.8. The topological polar surface area (TPSA) is 142 Å². The van der Waals surface area contributed by atoms with Crippen LogP contribution >= 0.6 is 46.7 Å². The third-order valence-corrected chi connectivity index (χ3v) is 12.6. The number of benzene rings is 4. The van der Waals surface area contributed by atoms with E-state index in [4.69, 9.17) is 69.2 Å². The van der Waals surface area contributed by atoms with Gasteiger partial charge in [-0.05, 0) is 76.2 Å². The van der Waals surface area contributed by atoms with Crippen molar-refractivity contribution in [3.63, 3.8) is 0 Å². The van der Waals surface area contributed by atoms with E-state index in [1.807, 2.05) is 76.2 Å². The molecule has 2 saturated heterocycles. The standard InChI is InChI=1S/C20H24O2P.2C9H10N3.C9H16O2.4ClH.2Ru/c1-4-18-19(22-20(2,3)21-18)15-23(16-11-7-5-8-12-16)17-13-9-6-10-14-17;2*1-6(10)9-11-7-4-2-3-5-8(7)12-9;1-5-7-8(6-2)11-9(3,4)10-7;;;;;;/h5-14,18-19H,1,4,15H2,2-3H3;2*2-6,10H,1H3,(H,11,12);7-8H,1-2,5-6H2,3-4H3;4*1H;;/q3*-1;-2;;;;;+2;+4/p-3/t;2*6-;;;;;;;/m.00......./s1. The molecule has 2 aliphatic rings. The average molecular weight is 1150 g/mol. The fourth-order valence-corrected chi connectivity index (χ4v) is 9.71. The Morgan fingerprint density at radius 1 is 0.609 bits per heavy atom. The number of nitrogens with one attached hydrogen (secondary N) is 4. The van der Waals surface area contributed by atoms with Crippen LogP contribution in [-0.2, 0) is 49.2 Å². The van der Waals surface area contributed by atoms with Crippen LogP contribution < -0.4 is 10.6 Å². The Balaban J connectivity index is 0.000000228. The minimum absolute atomic E-state index is 0.0809. The van der Waals surface area contributed by atoms with E-state index >= 15 is 0 Å².